The fourth-order valence-electron chi connectivity index (χ4n) is 10.3. The molecule has 2 bridgehead atoms. The first kappa shape index (κ1) is 34.1. The Morgan fingerprint density at radius 1 is 0.254 bits per heavy atom. The van der Waals surface area contributed by atoms with Crippen LogP contribution in [0.4, 0.5) is 0 Å². The van der Waals surface area contributed by atoms with E-state index in [2.05, 4.69) is 207 Å². The lowest BCUT2D eigenvalue weighted by Gasteiger charge is -2.12. The maximum atomic E-state index is 5.44. The molecule has 0 aliphatic heterocycles. The average Bonchev–Trinajstić information content (AvgIpc) is 3.99. The number of para-hydroxylation sites is 2. The van der Waals surface area contributed by atoms with Gasteiger partial charge in [0.15, 0.2) is 11.6 Å². The predicted octanol–water partition coefficient (Wildman–Crippen LogP) is 14.2. The van der Waals surface area contributed by atoms with Gasteiger partial charge in [-0.25, -0.2) is 4.98 Å². The molecule has 0 fully saturated rings. The molecule has 0 atom stereocenters. The summed E-state index contributed by atoms with van der Waals surface area (Å²) in [4.78, 5) is 16.2. The molecule has 292 valence electrons. The van der Waals surface area contributed by atoms with Crippen molar-refractivity contribution in [2.24, 2.45) is 0 Å². The van der Waals surface area contributed by atoms with E-state index in [9.17, 15) is 0 Å². The number of hydrogen-bond acceptors (Lipinski definition) is 3. The monoisotopic (exact) mass is 802 g/mol. The SMILES string of the molecule is c1ccc(-c2cccc(-c3nc(-c4cccc(-c5ccccc5)c4)nc(-n4c5cccc6c5c5c4cccc5n4c5ccccc5c5cc7c8ccccc8n6c7cc54)n3)c2)cc1. The summed E-state index contributed by atoms with van der Waals surface area (Å²) in [5, 5.41) is 7.22. The third-order valence-electron chi connectivity index (χ3n) is 13.0. The summed E-state index contributed by atoms with van der Waals surface area (Å²) in [7, 11) is 0. The van der Waals surface area contributed by atoms with Crippen molar-refractivity contribution in [1.29, 1.82) is 0 Å². The Balaban J connectivity index is 1.14. The molecule has 6 nitrogen and oxygen atoms in total. The second kappa shape index (κ2) is 12.9. The van der Waals surface area contributed by atoms with Crippen molar-refractivity contribution in [3.8, 4) is 51.0 Å². The van der Waals surface area contributed by atoms with Crippen LogP contribution in [0.1, 0.15) is 0 Å². The molecule has 0 saturated heterocycles. The Labute approximate surface area is 360 Å². The molecule has 0 saturated carbocycles. The summed E-state index contributed by atoms with van der Waals surface area (Å²) in [6.07, 6.45) is 0. The molecule has 0 aliphatic carbocycles. The van der Waals surface area contributed by atoms with Crippen LogP contribution in [-0.4, -0.2) is 28.3 Å². The van der Waals surface area contributed by atoms with Gasteiger partial charge in [-0.2, -0.15) is 9.97 Å². The zero-order chi connectivity index (χ0) is 41.2. The molecule has 9 aromatic carbocycles. The Morgan fingerprint density at radius 3 is 1.16 bits per heavy atom. The molecule has 0 N–H and O–H groups in total. The summed E-state index contributed by atoms with van der Waals surface area (Å²) in [6.45, 7) is 0. The molecule has 63 heavy (non-hydrogen) atoms. The standard InChI is InChI=1S/C57H34N6/c1-3-15-35(16-4-1)37-19-11-21-39(31-37)55-58-56(40-22-12-20-38(32-40)36-17-5-2-6-18-36)60-57(59-55)63-49-29-13-27-47-53(49)54-48(28-14-30-50(54)63)62-46-26-10-8-24-42(46)44-33-43-41-23-7-9-25-45(41)61(47)51(43)34-52(44)62/h1-34H. The van der Waals surface area contributed by atoms with Crippen molar-refractivity contribution >= 4 is 76.5 Å². The lowest BCUT2D eigenvalue weighted by atomic mass is 10.0. The average molecular weight is 803 g/mol. The maximum Gasteiger partial charge on any atom is 0.238 e. The first-order valence-electron chi connectivity index (χ1n) is 21.4. The number of fused-ring (bicyclic) bond motifs is 8. The highest BCUT2D eigenvalue weighted by molar-refractivity contribution is 6.26. The van der Waals surface area contributed by atoms with E-state index in [1.54, 1.807) is 0 Å². The highest BCUT2D eigenvalue weighted by atomic mass is 15.2. The van der Waals surface area contributed by atoms with E-state index in [1.807, 2.05) is 12.1 Å². The van der Waals surface area contributed by atoms with Crippen molar-refractivity contribution in [3.63, 3.8) is 0 Å². The Kier molecular flexibility index (Phi) is 7.02. The summed E-state index contributed by atoms with van der Waals surface area (Å²) >= 11 is 0. The number of rotatable bonds is 5. The van der Waals surface area contributed by atoms with Crippen LogP contribution in [0.25, 0.3) is 127 Å². The van der Waals surface area contributed by atoms with Crippen LogP contribution in [0.2, 0.25) is 0 Å². The van der Waals surface area contributed by atoms with Crippen molar-refractivity contribution < 1.29 is 0 Å². The summed E-state index contributed by atoms with van der Waals surface area (Å²) in [5.74, 6) is 1.76. The minimum atomic E-state index is 0.556. The quantitative estimate of drug-likeness (QED) is 0.174. The first-order chi connectivity index (χ1) is 31.2. The second-order valence-corrected chi connectivity index (χ2v) is 16.4. The molecule has 0 amide bonds. The van der Waals surface area contributed by atoms with Crippen molar-refractivity contribution in [3.05, 3.63) is 206 Å². The molecule has 0 spiro atoms. The number of nitrogens with zero attached hydrogens (tertiary/aromatic N) is 6. The van der Waals surface area contributed by atoms with Crippen LogP contribution in [-0.2, 0) is 0 Å². The van der Waals surface area contributed by atoms with Crippen LogP contribution in [0.5, 0.6) is 0 Å². The second-order valence-electron chi connectivity index (χ2n) is 16.4. The van der Waals surface area contributed by atoms with Crippen molar-refractivity contribution in [2.45, 2.75) is 0 Å². The summed E-state index contributed by atoms with van der Waals surface area (Å²) in [5.41, 5.74) is 15.3. The zero-order valence-electron chi connectivity index (χ0n) is 33.8. The Bertz CT molecular complexity index is 3880. The number of aromatic nitrogens is 6. The Morgan fingerprint density at radius 2 is 0.651 bits per heavy atom. The van der Waals surface area contributed by atoms with Gasteiger partial charge in [0.05, 0.1) is 44.1 Å². The van der Waals surface area contributed by atoms with Crippen molar-refractivity contribution in [1.82, 2.24) is 28.3 Å². The maximum absolute atomic E-state index is 5.44. The van der Waals surface area contributed by atoms with Gasteiger partial charge < -0.3 is 8.80 Å². The van der Waals surface area contributed by atoms with E-state index in [0.29, 0.717) is 17.6 Å². The van der Waals surface area contributed by atoms with Gasteiger partial charge in [0.25, 0.3) is 0 Å². The molecular weight excluding hydrogens is 769 g/mol. The minimum Gasteiger partial charge on any atom is -0.308 e. The molecule has 14 aromatic rings. The molecular formula is C57H34N6. The third kappa shape index (κ3) is 4.91. The fraction of sp³-hybridized carbons (Fsp3) is 0. The molecule has 5 heterocycles. The summed E-state index contributed by atoms with van der Waals surface area (Å²) < 4.78 is 7.19. The van der Waals surface area contributed by atoms with Gasteiger partial charge in [-0.05, 0) is 82.9 Å². The molecule has 0 aliphatic rings. The lowest BCUT2D eigenvalue weighted by Crippen LogP contribution is -2.06. The largest absolute Gasteiger partial charge is 0.308 e. The van der Waals surface area contributed by atoms with Crippen LogP contribution in [0, 0.1) is 0 Å². The molecule has 5 aromatic heterocycles. The van der Waals surface area contributed by atoms with Crippen LogP contribution < -0.4 is 0 Å². The highest BCUT2D eigenvalue weighted by Gasteiger charge is 2.24. The minimum absolute atomic E-state index is 0.556. The highest BCUT2D eigenvalue weighted by Crippen LogP contribution is 2.43. The van der Waals surface area contributed by atoms with Crippen LogP contribution in [0.15, 0.2) is 206 Å². The van der Waals surface area contributed by atoms with Gasteiger partial charge in [-0.1, -0.05) is 146 Å². The summed E-state index contributed by atoms with van der Waals surface area (Å²) in [6, 6.07) is 73.7. The smallest absolute Gasteiger partial charge is 0.238 e. The van der Waals surface area contributed by atoms with E-state index in [1.165, 1.54) is 43.6 Å². The normalized spacial score (nSPS) is 12.1. The van der Waals surface area contributed by atoms with Gasteiger partial charge in [-0.15, -0.1) is 0 Å². The van der Waals surface area contributed by atoms with Gasteiger partial charge >= 0.3 is 0 Å². The molecule has 14 rings (SSSR count). The predicted molar refractivity (Wildman–Crippen MR) is 259 cm³/mol. The zero-order valence-corrected chi connectivity index (χ0v) is 33.8. The third-order valence-corrected chi connectivity index (χ3v) is 13.0. The van der Waals surface area contributed by atoms with E-state index >= 15 is 0 Å². The van der Waals surface area contributed by atoms with Gasteiger partial charge in [0.1, 0.15) is 0 Å². The fourth-order valence-corrected chi connectivity index (χ4v) is 10.3. The van der Waals surface area contributed by atoms with Gasteiger partial charge in [0, 0.05) is 43.4 Å². The van der Waals surface area contributed by atoms with E-state index in [0.717, 1.165) is 66.2 Å². The van der Waals surface area contributed by atoms with E-state index in [4.69, 9.17) is 15.0 Å². The van der Waals surface area contributed by atoms with E-state index < -0.39 is 0 Å². The lowest BCUT2D eigenvalue weighted by molar-refractivity contribution is 0.953. The van der Waals surface area contributed by atoms with Crippen LogP contribution in [0.3, 0.4) is 0 Å². The number of hydrogen-bond donors (Lipinski definition) is 0. The van der Waals surface area contributed by atoms with Gasteiger partial charge in [0.2, 0.25) is 5.95 Å². The molecule has 0 radical (unpaired) electrons. The van der Waals surface area contributed by atoms with Crippen LogP contribution >= 0.6 is 0 Å². The molecule has 0 unspecified atom stereocenters. The Hall–Kier alpha value is -8.61. The van der Waals surface area contributed by atoms with E-state index in [-0.39, 0.29) is 0 Å². The first-order valence-corrected chi connectivity index (χ1v) is 21.4. The molecule has 6 heteroatoms. The van der Waals surface area contributed by atoms with Crippen molar-refractivity contribution in [2.75, 3.05) is 0 Å². The topological polar surface area (TPSA) is 52.4 Å². The number of benzene rings is 9. The van der Waals surface area contributed by atoms with Gasteiger partial charge in [-0.3, -0.25) is 4.57 Å².